The van der Waals surface area contributed by atoms with Crippen molar-refractivity contribution in [1.82, 2.24) is 24.4 Å². The monoisotopic (exact) mass is 325 g/mol. The molecule has 7 nitrogen and oxygen atoms in total. The summed E-state index contributed by atoms with van der Waals surface area (Å²) in [5, 5.41) is 11.7. The average molecular weight is 326 g/mol. The summed E-state index contributed by atoms with van der Waals surface area (Å²) in [6.45, 7) is 3.67. The summed E-state index contributed by atoms with van der Waals surface area (Å²) >= 11 is 0. The minimum absolute atomic E-state index is 0.169. The summed E-state index contributed by atoms with van der Waals surface area (Å²) in [6, 6.07) is 5.43. The molecular weight excluding hydrogens is 314 g/mol. The van der Waals surface area contributed by atoms with Gasteiger partial charge in [0.25, 0.3) is 14.2 Å². The van der Waals surface area contributed by atoms with Crippen molar-refractivity contribution in [3.05, 3.63) is 30.6 Å². The average Bonchev–Trinajstić information content (AvgIpc) is 3.01. The highest BCUT2D eigenvalue weighted by molar-refractivity contribution is 8.13. The summed E-state index contributed by atoms with van der Waals surface area (Å²) in [4.78, 5) is 0. The number of fused-ring (bicyclic) bond motifs is 1. The van der Waals surface area contributed by atoms with E-state index >= 15 is 0 Å². The zero-order chi connectivity index (χ0) is 15.2. The number of nitrogens with zero attached hydrogens (tertiary/aromatic N) is 5. The maximum absolute atomic E-state index is 11.6. The van der Waals surface area contributed by atoms with E-state index in [4.69, 9.17) is 10.7 Å². The number of hydrogen-bond acceptors (Lipinski definition) is 5. The zero-order valence-electron chi connectivity index (χ0n) is 11.3. The summed E-state index contributed by atoms with van der Waals surface area (Å²) in [7, 11) is 1.46. The molecule has 0 aliphatic carbocycles. The van der Waals surface area contributed by atoms with E-state index in [0.29, 0.717) is 11.4 Å². The fourth-order valence-electron chi connectivity index (χ4n) is 2.20. The Kier molecular flexibility index (Phi) is 3.22. The van der Waals surface area contributed by atoms with Gasteiger partial charge in [-0.15, -0.1) is 10.2 Å². The van der Waals surface area contributed by atoms with Crippen LogP contribution >= 0.6 is 10.7 Å². The Labute approximate surface area is 125 Å². The summed E-state index contributed by atoms with van der Waals surface area (Å²) in [6.07, 6.45) is 3.43. The highest BCUT2D eigenvalue weighted by Gasteiger charge is 2.26. The second-order valence-electron chi connectivity index (χ2n) is 4.80. The second-order valence-corrected chi connectivity index (χ2v) is 7.26. The van der Waals surface area contributed by atoms with Crippen molar-refractivity contribution in [1.29, 1.82) is 0 Å². The number of halogens is 1. The third-order valence-corrected chi connectivity index (χ3v) is 4.19. The Balaban J connectivity index is 2.31. The molecule has 0 saturated carbocycles. The Morgan fingerprint density at radius 3 is 2.67 bits per heavy atom. The van der Waals surface area contributed by atoms with Crippen molar-refractivity contribution >= 4 is 25.2 Å². The minimum atomic E-state index is -3.97. The molecule has 3 heterocycles. The van der Waals surface area contributed by atoms with Crippen LogP contribution in [0.5, 0.6) is 0 Å². The lowest BCUT2D eigenvalue weighted by molar-refractivity contribution is 0.530. The molecule has 0 aliphatic heterocycles. The van der Waals surface area contributed by atoms with Gasteiger partial charge < -0.3 is 0 Å². The van der Waals surface area contributed by atoms with Gasteiger partial charge >= 0.3 is 0 Å². The van der Waals surface area contributed by atoms with Crippen LogP contribution in [-0.4, -0.2) is 32.8 Å². The first-order valence-electron chi connectivity index (χ1n) is 6.22. The number of pyridine rings is 1. The van der Waals surface area contributed by atoms with Crippen LogP contribution in [0.15, 0.2) is 35.7 Å². The molecule has 21 heavy (non-hydrogen) atoms. The topological polar surface area (TPSA) is 82.2 Å². The highest BCUT2D eigenvalue weighted by atomic mass is 35.7. The van der Waals surface area contributed by atoms with E-state index in [1.54, 1.807) is 16.9 Å². The Morgan fingerprint density at radius 1 is 1.24 bits per heavy atom. The van der Waals surface area contributed by atoms with Crippen LogP contribution in [0.2, 0.25) is 0 Å². The van der Waals surface area contributed by atoms with Gasteiger partial charge in [-0.3, -0.25) is 4.57 Å². The van der Waals surface area contributed by atoms with E-state index in [2.05, 4.69) is 15.3 Å². The Morgan fingerprint density at radius 2 is 2.00 bits per heavy atom. The van der Waals surface area contributed by atoms with E-state index in [9.17, 15) is 8.42 Å². The molecule has 0 spiro atoms. The summed E-state index contributed by atoms with van der Waals surface area (Å²) < 4.78 is 26.4. The molecule has 0 bridgehead atoms. The molecule has 0 amide bonds. The normalized spacial score (nSPS) is 12.4. The second kappa shape index (κ2) is 4.81. The molecule has 0 unspecified atom stereocenters. The third-order valence-electron chi connectivity index (χ3n) is 3.07. The molecule has 0 atom stereocenters. The van der Waals surface area contributed by atoms with Crippen LogP contribution in [0, 0.1) is 0 Å². The van der Waals surface area contributed by atoms with Crippen molar-refractivity contribution in [2.45, 2.75) is 25.0 Å². The van der Waals surface area contributed by atoms with Gasteiger partial charge in [-0.1, -0.05) is 6.07 Å². The molecule has 0 N–H and O–H groups in total. The van der Waals surface area contributed by atoms with Crippen molar-refractivity contribution in [2.75, 3.05) is 0 Å². The molecule has 0 fully saturated rings. The standard InChI is InChI=1S/C12H12ClN5O2S/c1-8(2)18-11(15-16-12(18)21(13,19)20)9-7-14-17-6-4-3-5-10(9)17/h3-8H,1-2H3. The predicted octanol–water partition coefficient (Wildman–Crippen LogP) is 2.10. The number of hydrogen-bond donors (Lipinski definition) is 0. The highest BCUT2D eigenvalue weighted by Crippen LogP contribution is 2.28. The lowest BCUT2D eigenvalue weighted by Gasteiger charge is -2.11. The maximum atomic E-state index is 11.6. The van der Waals surface area contributed by atoms with E-state index in [0.717, 1.165) is 5.52 Å². The lowest BCUT2D eigenvalue weighted by Crippen LogP contribution is -2.10. The van der Waals surface area contributed by atoms with Crippen LogP contribution in [-0.2, 0) is 9.05 Å². The van der Waals surface area contributed by atoms with Gasteiger partial charge in [-0.2, -0.15) is 5.10 Å². The van der Waals surface area contributed by atoms with Crippen LogP contribution < -0.4 is 0 Å². The van der Waals surface area contributed by atoms with Gasteiger partial charge in [0.15, 0.2) is 5.82 Å². The number of rotatable bonds is 3. The predicted molar refractivity (Wildman–Crippen MR) is 77.6 cm³/mol. The Hall–Kier alpha value is -1.93. The van der Waals surface area contributed by atoms with E-state index in [-0.39, 0.29) is 11.2 Å². The molecule has 0 aromatic carbocycles. The van der Waals surface area contributed by atoms with E-state index in [1.807, 2.05) is 32.0 Å². The molecule has 0 radical (unpaired) electrons. The fraction of sp³-hybridized carbons (Fsp3) is 0.250. The first-order valence-corrected chi connectivity index (χ1v) is 8.53. The minimum Gasteiger partial charge on any atom is -0.294 e. The summed E-state index contributed by atoms with van der Waals surface area (Å²) in [5.74, 6) is 0.422. The number of aromatic nitrogens is 5. The molecule has 9 heteroatoms. The largest absolute Gasteiger partial charge is 0.296 e. The molecule has 3 rings (SSSR count). The molecule has 110 valence electrons. The van der Waals surface area contributed by atoms with Crippen molar-refractivity contribution in [3.8, 4) is 11.4 Å². The summed E-state index contributed by atoms with van der Waals surface area (Å²) in [5.41, 5.74) is 1.51. The van der Waals surface area contributed by atoms with Crippen LogP contribution in [0.4, 0.5) is 0 Å². The SMILES string of the molecule is CC(C)n1c(-c2cnn3ccccc23)nnc1S(=O)(=O)Cl. The zero-order valence-corrected chi connectivity index (χ0v) is 12.9. The van der Waals surface area contributed by atoms with Crippen molar-refractivity contribution < 1.29 is 8.42 Å². The van der Waals surface area contributed by atoms with Gasteiger partial charge in [0, 0.05) is 22.9 Å². The molecule has 0 saturated heterocycles. The van der Waals surface area contributed by atoms with Crippen LogP contribution in [0.25, 0.3) is 16.9 Å². The van der Waals surface area contributed by atoms with E-state index < -0.39 is 9.05 Å². The maximum Gasteiger partial charge on any atom is 0.296 e. The van der Waals surface area contributed by atoms with Crippen LogP contribution in [0.1, 0.15) is 19.9 Å². The first kappa shape index (κ1) is 14.0. The molecular formula is C12H12ClN5O2S. The fourth-order valence-corrected chi connectivity index (χ4v) is 3.19. The molecule has 3 aromatic heterocycles. The van der Waals surface area contributed by atoms with Crippen LogP contribution in [0.3, 0.4) is 0 Å². The van der Waals surface area contributed by atoms with Gasteiger partial charge in [0.05, 0.1) is 17.3 Å². The first-order chi connectivity index (χ1) is 9.89. The van der Waals surface area contributed by atoms with Gasteiger partial charge in [-0.05, 0) is 26.0 Å². The van der Waals surface area contributed by atoms with Crippen molar-refractivity contribution in [2.24, 2.45) is 0 Å². The molecule has 3 aromatic rings. The lowest BCUT2D eigenvalue weighted by atomic mass is 10.2. The van der Waals surface area contributed by atoms with Gasteiger partial charge in [0.2, 0.25) is 0 Å². The quantitative estimate of drug-likeness (QED) is 0.689. The smallest absolute Gasteiger partial charge is 0.294 e. The van der Waals surface area contributed by atoms with Gasteiger partial charge in [-0.25, -0.2) is 12.9 Å². The molecule has 0 aliphatic rings. The van der Waals surface area contributed by atoms with Gasteiger partial charge in [0.1, 0.15) is 0 Å². The third kappa shape index (κ3) is 2.30. The van der Waals surface area contributed by atoms with E-state index in [1.165, 1.54) is 4.57 Å². The Bertz CT molecular complexity index is 913. The van der Waals surface area contributed by atoms with Crippen molar-refractivity contribution in [3.63, 3.8) is 0 Å².